The summed E-state index contributed by atoms with van der Waals surface area (Å²) in [4.78, 5) is 19.1. The van der Waals surface area contributed by atoms with Gasteiger partial charge in [-0.25, -0.2) is 4.39 Å². The number of nitrogens with one attached hydrogen (secondary N) is 1. The van der Waals surface area contributed by atoms with Crippen molar-refractivity contribution in [3.05, 3.63) is 48.4 Å². The number of halogens is 1. The average Bonchev–Trinajstić information content (AvgIpc) is 3.36. The molecule has 2 aromatic heterocycles. The summed E-state index contributed by atoms with van der Waals surface area (Å²) in [7, 11) is 0. The van der Waals surface area contributed by atoms with Crippen LogP contribution in [0.2, 0.25) is 0 Å². The van der Waals surface area contributed by atoms with Crippen molar-refractivity contribution in [3.63, 3.8) is 0 Å². The third kappa shape index (κ3) is 4.45. The molecular formula is C33H37FN6O2. The van der Waals surface area contributed by atoms with Crippen molar-refractivity contribution >= 4 is 27.5 Å². The van der Waals surface area contributed by atoms with Gasteiger partial charge in [0.15, 0.2) is 5.82 Å². The van der Waals surface area contributed by atoms with E-state index in [0.29, 0.717) is 35.5 Å². The van der Waals surface area contributed by atoms with Gasteiger partial charge in [0, 0.05) is 36.9 Å². The first-order valence-corrected chi connectivity index (χ1v) is 15.5. The van der Waals surface area contributed by atoms with Crippen LogP contribution >= 0.6 is 0 Å². The highest BCUT2D eigenvalue weighted by Crippen LogP contribution is 2.39. The van der Waals surface area contributed by atoms with Gasteiger partial charge in [-0.1, -0.05) is 37.1 Å². The van der Waals surface area contributed by atoms with E-state index in [1.165, 1.54) is 25.7 Å². The molecule has 218 valence electrons. The zero-order valence-corrected chi connectivity index (χ0v) is 23.9. The first-order chi connectivity index (χ1) is 20.6. The fourth-order valence-electron chi connectivity index (χ4n) is 7.95. The van der Waals surface area contributed by atoms with Crippen LogP contribution in [0.15, 0.2) is 42.6 Å². The van der Waals surface area contributed by atoms with Crippen LogP contribution in [-0.4, -0.2) is 75.4 Å². The van der Waals surface area contributed by atoms with E-state index in [9.17, 15) is 5.11 Å². The lowest BCUT2D eigenvalue weighted by atomic mass is 9.80. The average molecular weight is 569 g/mol. The predicted molar refractivity (Wildman–Crippen MR) is 162 cm³/mol. The Kier molecular flexibility index (Phi) is 6.41. The minimum absolute atomic E-state index is 0.00552. The van der Waals surface area contributed by atoms with Crippen LogP contribution in [0.5, 0.6) is 11.8 Å². The lowest BCUT2D eigenvalue weighted by Gasteiger charge is -2.49. The van der Waals surface area contributed by atoms with Crippen LogP contribution in [0.4, 0.5) is 10.2 Å². The number of benzene rings is 2. The Morgan fingerprint density at radius 2 is 1.74 bits per heavy atom. The van der Waals surface area contributed by atoms with Crippen molar-refractivity contribution in [1.29, 1.82) is 0 Å². The Hall–Kier alpha value is -3.56. The maximum Gasteiger partial charge on any atom is 0.319 e. The molecule has 0 amide bonds. The minimum atomic E-state index is -0.523. The van der Waals surface area contributed by atoms with Crippen LogP contribution in [0.3, 0.4) is 0 Å². The number of anilines is 1. The van der Waals surface area contributed by atoms with Crippen LogP contribution in [0.25, 0.3) is 32.9 Å². The van der Waals surface area contributed by atoms with Crippen molar-refractivity contribution in [2.24, 2.45) is 0 Å². The van der Waals surface area contributed by atoms with Gasteiger partial charge in [-0.3, -0.25) is 9.88 Å². The second-order valence-corrected chi connectivity index (χ2v) is 12.7. The van der Waals surface area contributed by atoms with Gasteiger partial charge in [0.1, 0.15) is 29.4 Å². The molecule has 0 aliphatic carbocycles. The van der Waals surface area contributed by atoms with E-state index in [0.717, 1.165) is 62.6 Å². The van der Waals surface area contributed by atoms with E-state index in [4.69, 9.17) is 14.7 Å². The molecule has 42 heavy (non-hydrogen) atoms. The Labute approximate surface area is 244 Å². The fraction of sp³-hybridized carbons (Fsp3) is 0.485. The summed E-state index contributed by atoms with van der Waals surface area (Å²) in [6.45, 7) is 4.35. The topological polar surface area (TPSA) is 86.6 Å². The molecule has 8 rings (SSSR count). The lowest BCUT2D eigenvalue weighted by molar-refractivity contribution is -0.0230. The number of nitrogens with zero attached hydrogens (tertiary/aromatic N) is 5. The number of ether oxygens (including phenoxy) is 1. The number of phenols is 1. The number of aromatic hydroxyl groups is 1. The van der Waals surface area contributed by atoms with E-state index in [1.54, 1.807) is 18.3 Å². The summed E-state index contributed by atoms with van der Waals surface area (Å²) in [5.41, 5.74) is 0.910. The van der Waals surface area contributed by atoms with Crippen LogP contribution in [0, 0.1) is 5.82 Å². The van der Waals surface area contributed by atoms with Crippen molar-refractivity contribution in [2.75, 3.05) is 37.7 Å². The third-order valence-electron chi connectivity index (χ3n) is 10.0. The molecule has 2 atom stereocenters. The SMILES string of the molecule is Oc1cc(-c2ncc3c(N4CC5CCC(C4)N5)nc(OCC45CCCCN4CCCC5)nc3c2F)c2ccccc2c1. The van der Waals surface area contributed by atoms with Gasteiger partial charge in [-0.05, 0) is 74.5 Å². The summed E-state index contributed by atoms with van der Waals surface area (Å²) < 4.78 is 23.1. The van der Waals surface area contributed by atoms with Crippen LogP contribution in [0.1, 0.15) is 51.4 Å². The fourth-order valence-corrected chi connectivity index (χ4v) is 7.95. The van der Waals surface area contributed by atoms with Crippen molar-refractivity contribution < 1.29 is 14.2 Å². The second-order valence-electron chi connectivity index (χ2n) is 12.7. The second kappa shape index (κ2) is 10.3. The number of hydrogen-bond acceptors (Lipinski definition) is 8. The third-order valence-corrected chi connectivity index (χ3v) is 10.0. The van der Waals surface area contributed by atoms with Crippen molar-refractivity contribution in [2.45, 2.75) is 69.0 Å². The number of hydrogen-bond donors (Lipinski definition) is 2. The predicted octanol–water partition coefficient (Wildman–Crippen LogP) is 5.42. The normalized spacial score (nSPS) is 23.8. The summed E-state index contributed by atoms with van der Waals surface area (Å²) in [5, 5.41) is 16.4. The lowest BCUT2D eigenvalue weighted by Crippen LogP contribution is -2.57. The molecule has 0 radical (unpaired) electrons. The molecule has 4 aliphatic heterocycles. The van der Waals surface area contributed by atoms with E-state index in [1.807, 2.05) is 24.3 Å². The molecule has 2 N–H and O–H groups in total. The highest BCUT2D eigenvalue weighted by Gasteiger charge is 2.41. The summed E-state index contributed by atoms with van der Waals surface area (Å²) in [6, 6.07) is 11.9. The van der Waals surface area contributed by atoms with Crippen LogP contribution < -0.4 is 15.0 Å². The maximum atomic E-state index is 16.6. The summed E-state index contributed by atoms with van der Waals surface area (Å²) in [6.07, 6.45) is 11.0. The number of phenolic OH excluding ortho intramolecular Hbond substituents is 1. The molecule has 2 aromatic carbocycles. The largest absolute Gasteiger partial charge is 0.508 e. The van der Waals surface area contributed by atoms with E-state index >= 15 is 4.39 Å². The quantitative estimate of drug-likeness (QED) is 0.330. The molecule has 4 aromatic rings. The Morgan fingerprint density at radius 1 is 0.976 bits per heavy atom. The molecule has 4 fully saturated rings. The molecule has 6 heterocycles. The zero-order valence-electron chi connectivity index (χ0n) is 23.9. The van der Waals surface area contributed by atoms with Gasteiger partial charge in [0.05, 0.1) is 10.9 Å². The standard InChI is InChI=1S/C33H37FN6O2/c34-28-29(26-16-24(41)15-21-7-1-2-8-25(21)26)35-17-27-30(28)37-32(38-31(27)39-18-22-9-10-23(19-39)36-22)42-20-33-11-3-5-13-40(33)14-6-4-12-33/h1-2,7-8,15-17,22-23,36,41H,3-6,9-14,18-20H2. The van der Waals surface area contributed by atoms with Gasteiger partial charge in [0.25, 0.3) is 0 Å². The van der Waals surface area contributed by atoms with Gasteiger partial charge >= 0.3 is 6.01 Å². The molecule has 4 aliphatic rings. The summed E-state index contributed by atoms with van der Waals surface area (Å²) >= 11 is 0. The highest BCUT2D eigenvalue weighted by molar-refractivity contribution is 5.99. The van der Waals surface area contributed by atoms with Crippen molar-refractivity contribution in [1.82, 2.24) is 25.2 Å². The number of pyridine rings is 1. The maximum absolute atomic E-state index is 16.6. The van der Waals surface area contributed by atoms with Gasteiger partial charge in [0.2, 0.25) is 0 Å². The smallest absolute Gasteiger partial charge is 0.319 e. The number of rotatable bonds is 5. The first-order valence-electron chi connectivity index (χ1n) is 15.5. The van der Waals surface area contributed by atoms with Gasteiger partial charge in [-0.2, -0.15) is 9.97 Å². The first kappa shape index (κ1) is 26.1. The zero-order chi connectivity index (χ0) is 28.3. The highest BCUT2D eigenvalue weighted by atomic mass is 19.1. The number of aromatic nitrogens is 3. The van der Waals surface area contributed by atoms with E-state index in [-0.39, 0.29) is 28.5 Å². The van der Waals surface area contributed by atoms with E-state index < -0.39 is 5.82 Å². The Bertz CT molecular complexity index is 1640. The minimum Gasteiger partial charge on any atom is -0.508 e. The molecule has 9 heteroatoms. The number of fused-ring (bicyclic) bond motifs is 5. The van der Waals surface area contributed by atoms with Gasteiger partial charge in [-0.15, -0.1) is 0 Å². The number of piperidine rings is 2. The number of piperazine rings is 1. The van der Waals surface area contributed by atoms with E-state index in [2.05, 4.69) is 20.1 Å². The molecule has 2 bridgehead atoms. The summed E-state index contributed by atoms with van der Waals surface area (Å²) in [5.74, 6) is 0.233. The molecule has 8 nitrogen and oxygen atoms in total. The van der Waals surface area contributed by atoms with Gasteiger partial charge < -0.3 is 20.1 Å². The Balaban J connectivity index is 1.24. The molecule has 0 saturated carbocycles. The molecule has 0 spiro atoms. The molecule has 4 saturated heterocycles. The molecular weight excluding hydrogens is 531 g/mol. The monoisotopic (exact) mass is 568 g/mol. The van der Waals surface area contributed by atoms with Crippen molar-refractivity contribution in [3.8, 4) is 23.0 Å². The molecule has 2 unspecified atom stereocenters. The van der Waals surface area contributed by atoms with Crippen LogP contribution in [-0.2, 0) is 0 Å². The Morgan fingerprint density at radius 3 is 2.52 bits per heavy atom.